The SMILES string of the molecule is O=C(c1cccc(Nc2ncccn2)c1)N1CCC2(CC1)C[C@H](Oc1ccccc1F)CO2. The molecule has 33 heavy (non-hydrogen) atoms. The molecule has 7 nitrogen and oxygen atoms in total. The van der Waals surface area contributed by atoms with Gasteiger partial charge in [0, 0.05) is 43.2 Å². The van der Waals surface area contributed by atoms with Gasteiger partial charge >= 0.3 is 0 Å². The molecule has 3 heterocycles. The number of likely N-dealkylation sites (tertiary alicyclic amines) is 1. The molecule has 3 aromatic rings. The quantitative estimate of drug-likeness (QED) is 0.630. The number of hydrogen-bond donors (Lipinski definition) is 1. The maximum Gasteiger partial charge on any atom is 0.253 e. The lowest BCUT2D eigenvalue weighted by atomic mass is 9.87. The molecule has 2 fully saturated rings. The largest absolute Gasteiger partial charge is 0.485 e. The Morgan fingerprint density at radius 3 is 2.67 bits per heavy atom. The number of piperidine rings is 1. The maximum absolute atomic E-state index is 13.9. The van der Waals surface area contributed by atoms with Crippen molar-refractivity contribution in [2.45, 2.75) is 31.0 Å². The molecule has 2 aliphatic rings. The van der Waals surface area contributed by atoms with Crippen LogP contribution in [0, 0.1) is 5.82 Å². The van der Waals surface area contributed by atoms with E-state index in [0.717, 1.165) is 18.5 Å². The highest BCUT2D eigenvalue weighted by Gasteiger charge is 2.44. The van der Waals surface area contributed by atoms with Crippen LogP contribution in [0.2, 0.25) is 0 Å². The van der Waals surface area contributed by atoms with E-state index in [1.54, 1.807) is 36.7 Å². The van der Waals surface area contributed by atoms with E-state index in [1.807, 2.05) is 29.2 Å². The first-order chi connectivity index (χ1) is 16.1. The van der Waals surface area contributed by atoms with Gasteiger partial charge in [-0.1, -0.05) is 18.2 Å². The minimum atomic E-state index is -0.366. The number of benzene rings is 2. The number of halogens is 1. The average molecular weight is 448 g/mol. The van der Waals surface area contributed by atoms with Crippen LogP contribution >= 0.6 is 0 Å². The van der Waals surface area contributed by atoms with E-state index in [1.165, 1.54) is 6.07 Å². The van der Waals surface area contributed by atoms with Crippen molar-refractivity contribution in [3.05, 3.63) is 78.4 Å². The number of nitrogens with zero attached hydrogens (tertiary/aromatic N) is 3. The Labute approximate surface area is 191 Å². The predicted molar refractivity (Wildman–Crippen MR) is 121 cm³/mol. The molecule has 170 valence electrons. The van der Waals surface area contributed by atoms with Crippen LogP contribution in [0.3, 0.4) is 0 Å². The summed E-state index contributed by atoms with van der Waals surface area (Å²) in [7, 11) is 0. The molecule has 0 aliphatic carbocycles. The number of amides is 1. The number of rotatable bonds is 5. The Hall–Kier alpha value is -3.52. The molecule has 1 atom stereocenters. The van der Waals surface area contributed by atoms with Gasteiger partial charge in [-0.15, -0.1) is 0 Å². The predicted octanol–water partition coefficient (Wildman–Crippen LogP) is 4.20. The van der Waals surface area contributed by atoms with Crippen molar-refractivity contribution in [2.75, 3.05) is 25.0 Å². The first kappa shape index (κ1) is 21.3. The standard InChI is InChI=1S/C25H25FN4O3/c26-21-7-1-2-8-22(21)33-20-16-25(32-17-20)9-13-30(14-10-25)23(31)18-5-3-6-19(15-18)29-24-27-11-4-12-28-24/h1-8,11-12,15,20H,9-10,13-14,16-17H2,(H,27,28,29)/t20-/m0/s1. The summed E-state index contributed by atoms with van der Waals surface area (Å²) in [6.45, 7) is 1.63. The number of anilines is 2. The van der Waals surface area contributed by atoms with Crippen molar-refractivity contribution in [1.82, 2.24) is 14.9 Å². The molecule has 1 aromatic heterocycles. The van der Waals surface area contributed by atoms with Crippen LogP contribution in [0.15, 0.2) is 67.0 Å². The highest BCUT2D eigenvalue weighted by Crippen LogP contribution is 2.38. The zero-order valence-electron chi connectivity index (χ0n) is 18.1. The summed E-state index contributed by atoms with van der Waals surface area (Å²) < 4.78 is 25.9. The highest BCUT2D eigenvalue weighted by molar-refractivity contribution is 5.95. The molecule has 0 bridgehead atoms. The monoisotopic (exact) mass is 448 g/mol. The third-order valence-corrected chi connectivity index (χ3v) is 6.20. The summed E-state index contributed by atoms with van der Waals surface area (Å²) in [5, 5.41) is 3.12. The average Bonchev–Trinajstić information content (AvgIpc) is 3.23. The molecule has 0 radical (unpaired) electrons. The van der Waals surface area contributed by atoms with Gasteiger partial charge in [-0.3, -0.25) is 4.79 Å². The van der Waals surface area contributed by atoms with Crippen LogP contribution in [0.5, 0.6) is 5.75 Å². The van der Waals surface area contributed by atoms with Crippen LogP contribution in [0.25, 0.3) is 0 Å². The Morgan fingerprint density at radius 2 is 1.88 bits per heavy atom. The van der Waals surface area contributed by atoms with Gasteiger partial charge in [0.1, 0.15) is 6.10 Å². The summed E-state index contributed by atoms with van der Waals surface area (Å²) in [4.78, 5) is 23.3. The lowest BCUT2D eigenvalue weighted by molar-refractivity contribution is -0.0395. The minimum Gasteiger partial charge on any atom is -0.485 e. The molecule has 5 rings (SSSR count). The fourth-order valence-corrected chi connectivity index (χ4v) is 4.47. The number of carbonyl (C=O) groups excluding carboxylic acids is 1. The number of aromatic nitrogens is 2. The van der Waals surface area contributed by atoms with Crippen LogP contribution in [-0.4, -0.2) is 52.2 Å². The van der Waals surface area contributed by atoms with Gasteiger partial charge in [0.2, 0.25) is 5.95 Å². The first-order valence-corrected chi connectivity index (χ1v) is 11.1. The van der Waals surface area contributed by atoms with Crippen LogP contribution in [-0.2, 0) is 4.74 Å². The van der Waals surface area contributed by atoms with E-state index in [9.17, 15) is 9.18 Å². The zero-order valence-corrected chi connectivity index (χ0v) is 18.1. The van der Waals surface area contributed by atoms with Crippen molar-refractivity contribution < 1.29 is 18.7 Å². The second kappa shape index (κ2) is 9.15. The Bertz CT molecular complexity index is 1120. The fraction of sp³-hybridized carbons (Fsp3) is 0.320. The van der Waals surface area contributed by atoms with E-state index in [4.69, 9.17) is 9.47 Å². The van der Waals surface area contributed by atoms with Gasteiger partial charge < -0.3 is 19.7 Å². The summed E-state index contributed by atoms with van der Waals surface area (Å²) in [6.07, 6.45) is 5.28. The van der Waals surface area contributed by atoms with Gasteiger partial charge in [-0.25, -0.2) is 14.4 Å². The molecule has 0 unspecified atom stereocenters. The van der Waals surface area contributed by atoms with Gasteiger partial charge in [0.25, 0.3) is 5.91 Å². The molecule has 2 aliphatic heterocycles. The number of para-hydroxylation sites is 1. The Morgan fingerprint density at radius 1 is 1.09 bits per heavy atom. The van der Waals surface area contributed by atoms with Crippen molar-refractivity contribution in [1.29, 1.82) is 0 Å². The molecule has 2 aromatic carbocycles. The summed E-state index contributed by atoms with van der Waals surface area (Å²) in [5.74, 6) is 0.353. The van der Waals surface area contributed by atoms with Crippen molar-refractivity contribution in [3.63, 3.8) is 0 Å². The lowest BCUT2D eigenvalue weighted by Crippen LogP contribution is -2.46. The Kier molecular flexibility index (Phi) is 5.92. The zero-order chi connectivity index (χ0) is 22.7. The fourth-order valence-electron chi connectivity index (χ4n) is 4.47. The molecule has 1 spiro atoms. The van der Waals surface area contributed by atoms with E-state index in [0.29, 0.717) is 37.6 Å². The number of ether oxygens (including phenoxy) is 2. The van der Waals surface area contributed by atoms with E-state index in [2.05, 4.69) is 15.3 Å². The van der Waals surface area contributed by atoms with E-state index in [-0.39, 0.29) is 29.2 Å². The second-order valence-electron chi connectivity index (χ2n) is 8.44. The van der Waals surface area contributed by atoms with Gasteiger partial charge in [-0.05, 0) is 49.2 Å². The number of carbonyl (C=O) groups is 1. The smallest absolute Gasteiger partial charge is 0.253 e. The molecule has 1 amide bonds. The lowest BCUT2D eigenvalue weighted by Gasteiger charge is -2.38. The van der Waals surface area contributed by atoms with Gasteiger partial charge in [0.05, 0.1) is 12.2 Å². The first-order valence-electron chi connectivity index (χ1n) is 11.1. The molecule has 2 saturated heterocycles. The topological polar surface area (TPSA) is 76.6 Å². The normalized spacial score (nSPS) is 19.4. The maximum atomic E-state index is 13.9. The second-order valence-corrected chi connectivity index (χ2v) is 8.44. The molecule has 8 heteroatoms. The van der Waals surface area contributed by atoms with Crippen LogP contribution in [0.1, 0.15) is 29.6 Å². The molecule has 0 saturated carbocycles. The third-order valence-electron chi connectivity index (χ3n) is 6.20. The van der Waals surface area contributed by atoms with Gasteiger partial charge in [-0.2, -0.15) is 0 Å². The van der Waals surface area contributed by atoms with Crippen molar-refractivity contribution in [2.24, 2.45) is 0 Å². The van der Waals surface area contributed by atoms with E-state index < -0.39 is 0 Å². The number of nitrogens with one attached hydrogen (secondary N) is 1. The van der Waals surface area contributed by atoms with Crippen LogP contribution < -0.4 is 10.1 Å². The summed E-state index contributed by atoms with van der Waals surface area (Å²) >= 11 is 0. The molecular weight excluding hydrogens is 423 g/mol. The van der Waals surface area contributed by atoms with E-state index >= 15 is 0 Å². The molecule has 1 N–H and O–H groups in total. The third kappa shape index (κ3) is 4.80. The van der Waals surface area contributed by atoms with Crippen LogP contribution in [0.4, 0.5) is 16.0 Å². The van der Waals surface area contributed by atoms with Gasteiger partial charge in [0.15, 0.2) is 11.6 Å². The van der Waals surface area contributed by atoms with Crippen molar-refractivity contribution in [3.8, 4) is 5.75 Å². The minimum absolute atomic E-state index is 0.0142. The summed E-state index contributed by atoms with van der Waals surface area (Å²) in [5.41, 5.74) is 1.05. The van der Waals surface area contributed by atoms with Crippen molar-refractivity contribution >= 4 is 17.5 Å². The Balaban J connectivity index is 1.18. The molecular formula is C25H25FN4O3. The summed E-state index contributed by atoms with van der Waals surface area (Å²) in [6, 6.07) is 15.5. The highest BCUT2D eigenvalue weighted by atomic mass is 19.1. The number of hydrogen-bond acceptors (Lipinski definition) is 6.